The Morgan fingerprint density at radius 2 is 2.15 bits per heavy atom. The van der Waals surface area contributed by atoms with Crippen LogP contribution in [0.5, 0.6) is 5.75 Å². The number of nitrogens with zero attached hydrogens (tertiary/aromatic N) is 1. The smallest absolute Gasteiger partial charge is 0.139 e. The van der Waals surface area contributed by atoms with E-state index in [1.54, 1.807) is 24.4 Å². The van der Waals surface area contributed by atoms with Crippen LogP contribution < -0.4 is 4.74 Å². The summed E-state index contributed by atoms with van der Waals surface area (Å²) in [7, 11) is 0. The molecule has 2 aromatic rings. The van der Waals surface area contributed by atoms with E-state index in [1.807, 2.05) is 0 Å². The number of hydrogen-bond donors (Lipinski definition) is 0. The van der Waals surface area contributed by atoms with Gasteiger partial charge in [-0.25, -0.2) is 4.39 Å². The van der Waals surface area contributed by atoms with Gasteiger partial charge in [-0.1, -0.05) is 29.5 Å². The first kappa shape index (κ1) is 14.6. The van der Waals surface area contributed by atoms with Gasteiger partial charge in [0.05, 0.1) is 17.1 Å². The number of aromatic nitrogens is 1. The molecule has 0 saturated carbocycles. The first-order chi connectivity index (χ1) is 9.70. The van der Waals surface area contributed by atoms with Crippen molar-refractivity contribution in [2.45, 2.75) is 6.61 Å². The minimum absolute atomic E-state index is 0.0274. The molecule has 5 heteroatoms. The average Bonchev–Trinajstić information content (AvgIpc) is 2.45. The average molecular weight is 310 g/mol. The van der Waals surface area contributed by atoms with Crippen molar-refractivity contribution >= 4 is 23.2 Å². The lowest BCUT2D eigenvalue weighted by Gasteiger charge is -2.08. The van der Waals surface area contributed by atoms with Crippen molar-refractivity contribution in [1.82, 2.24) is 4.98 Å². The summed E-state index contributed by atoms with van der Waals surface area (Å²) >= 11 is 11.4. The Bertz CT molecular complexity index is 644. The third-order valence-corrected chi connectivity index (χ3v) is 2.95. The van der Waals surface area contributed by atoms with Gasteiger partial charge in [-0.05, 0) is 18.2 Å². The molecule has 0 unspecified atom stereocenters. The zero-order valence-electron chi connectivity index (χ0n) is 10.4. The lowest BCUT2D eigenvalue weighted by Crippen LogP contribution is -2.00. The van der Waals surface area contributed by atoms with E-state index in [0.717, 1.165) is 0 Å². The number of pyridine rings is 1. The Morgan fingerprint density at radius 1 is 1.30 bits per heavy atom. The molecule has 20 heavy (non-hydrogen) atoms. The number of rotatable bonds is 3. The highest BCUT2D eigenvalue weighted by atomic mass is 35.5. The fourth-order valence-corrected chi connectivity index (χ4v) is 1.81. The van der Waals surface area contributed by atoms with Gasteiger partial charge in [-0.15, -0.1) is 11.6 Å². The molecule has 0 amide bonds. The maximum absolute atomic E-state index is 13.6. The molecule has 1 heterocycles. The lowest BCUT2D eigenvalue weighted by molar-refractivity contribution is 0.298. The molecule has 1 aromatic carbocycles. The third-order valence-electron chi connectivity index (χ3n) is 2.46. The Hall–Kier alpha value is -1.76. The molecule has 0 aliphatic rings. The van der Waals surface area contributed by atoms with Crippen molar-refractivity contribution in [3.63, 3.8) is 0 Å². The molecule has 2 nitrogen and oxygen atoms in total. The van der Waals surface area contributed by atoms with Crippen LogP contribution in [0.25, 0.3) is 0 Å². The predicted molar refractivity (Wildman–Crippen MR) is 77.6 cm³/mol. The van der Waals surface area contributed by atoms with E-state index in [-0.39, 0.29) is 12.5 Å². The lowest BCUT2D eigenvalue weighted by atomic mass is 10.2. The molecule has 0 N–H and O–H groups in total. The van der Waals surface area contributed by atoms with Gasteiger partial charge in [0, 0.05) is 17.3 Å². The molecule has 2 rings (SSSR count). The summed E-state index contributed by atoms with van der Waals surface area (Å²) < 4.78 is 19.1. The number of alkyl halides is 1. The Balaban J connectivity index is 2.11. The van der Waals surface area contributed by atoms with Gasteiger partial charge in [0.15, 0.2) is 0 Å². The van der Waals surface area contributed by atoms with Gasteiger partial charge >= 0.3 is 0 Å². The SMILES string of the molecule is Fc1cccc(Cl)c1COc1cncc(C#CCCl)c1. The summed E-state index contributed by atoms with van der Waals surface area (Å²) in [6, 6.07) is 6.21. The minimum Gasteiger partial charge on any atom is -0.487 e. The maximum atomic E-state index is 13.6. The highest BCUT2D eigenvalue weighted by molar-refractivity contribution is 6.31. The quantitative estimate of drug-likeness (QED) is 0.630. The van der Waals surface area contributed by atoms with Gasteiger partial charge in [0.1, 0.15) is 18.2 Å². The van der Waals surface area contributed by atoms with Crippen molar-refractivity contribution in [2.75, 3.05) is 5.88 Å². The van der Waals surface area contributed by atoms with Crippen LogP contribution in [0.3, 0.4) is 0 Å². The van der Waals surface area contributed by atoms with Crippen LogP contribution in [0.1, 0.15) is 11.1 Å². The van der Waals surface area contributed by atoms with Crippen molar-refractivity contribution in [3.05, 3.63) is 58.6 Å². The number of benzene rings is 1. The predicted octanol–water partition coefficient (Wildman–Crippen LogP) is 4.04. The monoisotopic (exact) mass is 309 g/mol. The summed E-state index contributed by atoms with van der Waals surface area (Å²) in [5.74, 6) is 5.89. The minimum atomic E-state index is -0.399. The van der Waals surface area contributed by atoms with Crippen LogP contribution in [0.4, 0.5) is 4.39 Å². The van der Waals surface area contributed by atoms with Crippen LogP contribution in [0, 0.1) is 17.7 Å². The van der Waals surface area contributed by atoms with Crippen LogP contribution >= 0.6 is 23.2 Å². The number of halogens is 3. The molecule has 0 radical (unpaired) electrons. The van der Waals surface area contributed by atoms with E-state index in [2.05, 4.69) is 16.8 Å². The van der Waals surface area contributed by atoms with E-state index in [1.165, 1.54) is 12.3 Å². The Morgan fingerprint density at radius 3 is 2.90 bits per heavy atom. The van der Waals surface area contributed by atoms with E-state index >= 15 is 0 Å². The second-order valence-corrected chi connectivity index (χ2v) is 4.51. The van der Waals surface area contributed by atoms with E-state index < -0.39 is 5.82 Å². The Kier molecular flexibility index (Phi) is 5.23. The molecule has 102 valence electrons. The maximum Gasteiger partial charge on any atom is 0.139 e. The first-order valence-electron chi connectivity index (χ1n) is 5.76. The van der Waals surface area contributed by atoms with Crippen molar-refractivity contribution < 1.29 is 9.13 Å². The molecule has 0 aliphatic heterocycles. The fourth-order valence-electron chi connectivity index (χ4n) is 1.53. The molecule has 0 spiro atoms. The number of ether oxygens (including phenoxy) is 1. The van der Waals surface area contributed by atoms with Crippen molar-refractivity contribution in [2.24, 2.45) is 0 Å². The molecule has 0 aliphatic carbocycles. The molecule has 0 fully saturated rings. The van der Waals surface area contributed by atoms with Crippen LogP contribution in [-0.2, 0) is 6.61 Å². The second kappa shape index (κ2) is 7.14. The molecule has 0 bridgehead atoms. The van der Waals surface area contributed by atoms with Crippen molar-refractivity contribution in [1.29, 1.82) is 0 Å². The van der Waals surface area contributed by atoms with Crippen LogP contribution in [0.2, 0.25) is 5.02 Å². The largest absolute Gasteiger partial charge is 0.487 e. The van der Waals surface area contributed by atoms with E-state index in [0.29, 0.717) is 21.9 Å². The zero-order chi connectivity index (χ0) is 14.4. The highest BCUT2D eigenvalue weighted by Crippen LogP contribution is 2.21. The van der Waals surface area contributed by atoms with Crippen LogP contribution in [-0.4, -0.2) is 10.9 Å². The molecule has 0 saturated heterocycles. The molecule has 0 atom stereocenters. The van der Waals surface area contributed by atoms with Gasteiger partial charge < -0.3 is 4.74 Å². The summed E-state index contributed by atoms with van der Waals surface area (Å²) in [5.41, 5.74) is 0.995. The van der Waals surface area contributed by atoms with Gasteiger partial charge in [0.25, 0.3) is 0 Å². The highest BCUT2D eigenvalue weighted by Gasteiger charge is 2.07. The van der Waals surface area contributed by atoms with E-state index in [9.17, 15) is 4.39 Å². The van der Waals surface area contributed by atoms with Gasteiger partial charge in [-0.3, -0.25) is 4.98 Å². The second-order valence-electron chi connectivity index (χ2n) is 3.83. The summed E-state index contributed by atoms with van der Waals surface area (Å²) in [5, 5.41) is 0.330. The zero-order valence-corrected chi connectivity index (χ0v) is 11.9. The van der Waals surface area contributed by atoms with Gasteiger partial charge in [0.2, 0.25) is 0 Å². The molecule has 1 aromatic heterocycles. The first-order valence-corrected chi connectivity index (χ1v) is 6.67. The fraction of sp³-hybridized carbons (Fsp3) is 0.133. The summed E-state index contributed by atoms with van der Waals surface area (Å²) in [6.45, 7) is 0.0274. The van der Waals surface area contributed by atoms with Crippen molar-refractivity contribution in [3.8, 4) is 17.6 Å². The van der Waals surface area contributed by atoms with Gasteiger partial charge in [-0.2, -0.15) is 0 Å². The summed E-state index contributed by atoms with van der Waals surface area (Å²) in [6.07, 6.45) is 3.13. The van der Waals surface area contributed by atoms with E-state index in [4.69, 9.17) is 27.9 Å². The third kappa shape index (κ3) is 3.86. The summed E-state index contributed by atoms with van der Waals surface area (Å²) in [4.78, 5) is 4.00. The molecular formula is C15H10Cl2FNO. The Labute approximate surface area is 126 Å². The number of hydrogen-bond acceptors (Lipinski definition) is 2. The topological polar surface area (TPSA) is 22.1 Å². The standard InChI is InChI=1S/C15H10Cl2FNO/c16-6-2-3-11-7-12(9-19-8-11)20-10-13-14(17)4-1-5-15(13)18/h1,4-5,7-9H,6,10H2. The van der Waals surface area contributed by atoms with Crippen LogP contribution in [0.15, 0.2) is 36.7 Å². The molecular weight excluding hydrogens is 300 g/mol. The normalized spacial score (nSPS) is 9.75.